The fourth-order valence-electron chi connectivity index (χ4n) is 1.12. The average molecular weight is 351 g/mol. The van der Waals surface area contributed by atoms with Crippen molar-refractivity contribution in [2.45, 2.75) is 6.42 Å². The van der Waals surface area contributed by atoms with Gasteiger partial charge in [0.15, 0.2) is 0 Å². The molecule has 0 atom stereocenters. The van der Waals surface area contributed by atoms with Gasteiger partial charge >= 0.3 is 5.97 Å². The van der Waals surface area contributed by atoms with Crippen molar-refractivity contribution in [3.8, 4) is 5.75 Å². The number of ether oxygens (including phenoxy) is 1. The Kier molecular flexibility index (Phi) is 4.49. The topological polar surface area (TPSA) is 70.4 Å². The van der Waals surface area contributed by atoms with E-state index in [9.17, 15) is 9.90 Å². The number of nitrogens with one attached hydrogen (secondary N) is 1. The number of hydrogen-bond acceptors (Lipinski definition) is 4. The quantitative estimate of drug-likeness (QED) is 0.650. The number of benzene rings is 1. The van der Waals surface area contributed by atoms with Crippen LogP contribution < -0.4 is 0 Å². The Morgan fingerprint density at radius 3 is 2.38 bits per heavy atom. The van der Waals surface area contributed by atoms with Crippen LogP contribution in [0, 0.1) is 5.41 Å². The smallest absolute Gasteiger partial charge is 0.352 e. The first-order valence-corrected chi connectivity index (χ1v) is 5.87. The Morgan fingerprint density at radius 1 is 1.44 bits per heavy atom. The van der Waals surface area contributed by atoms with E-state index in [4.69, 9.17) is 5.41 Å². The van der Waals surface area contributed by atoms with E-state index >= 15 is 0 Å². The lowest BCUT2D eigenvalue weighted by atomic mass is 10.1. The fraction of sp³-hybridized carbons (Fsp3) is 0.200. The molecular weight excluding hydrogens is 342 g/mol. The number of rotatable bonds is 3. The first kappa shape index (κ1) is 13.2. The predicted molar refractivity (Wildman–Crippen MR) is 67.0 cm³/mol. The van der Waals surface area contributed by atoms with Gasteiger partial charge in [0.05, 0.1) is 16.1 Å². The summed E-state index contributed by atoms with van der Waals surface area (Å²) >= 11 is 6.35. The van der Waals surface area contributed by atoms with Gasteiger partial charge in [-0.3, -0.25) is 5.41 Å². The normalized spacial score (nSPS) is 9.94. The molecule has 1 rings (SSSR count). The number of phenolic OH excluding ortho intramolecular Hbond substituents is 1. The minimum absolute atomic E-state index is 0.0911. The summed E-state index contributed by atoms with van der Waals surface area (Å²) in [6.07, 6.45) is 0.157. The van der Waals surface area contributed by atoms with Gasteiger partial charge in [-0.15, -0.1) is 0 Å². The van der Waals surface area contributed by atoms with Gasteiger partial charge in [0, 0.05) is 6.42 Å². The van der Waals surface area contributed by atoms with Crippen molar-refractivity contribution in [1.29, 1.82) is 5.41 Å². The summed E-state index contributed by atoms with van der Waals surface area (Å²) in [5.74, 6) is -0.561. The van der Waals surface area contributed by atoms with Crippen LogP contribution in [0.1, 0.15) is 5.56 Å². The van der Waals surface area contributed by atoms with Crippen molar-refractivity contribution < 1.29 is 14.6 Å². The Balaban J connectivity index is 2.91. The van der Waals surface area contributed by atoms with Gasteiger partial charge in [0.2, 0.25) is 0 Å². The zero-order valence-electron chi connectivity index (χ0n) is 8.38. The lowest BCUT2D eigenvalue weighted by molar-refractivity contribution is -0.132. The molecule has 0 radical (unpaired) electrons. The SMILES string of the molecule is COC(=O)C(=N)Cc1cc(Br)c(O)c(Br)c1. The summed E-state index contributed by atoms with van der Waals surface area (Å²) in [5.41, 5.74) is 0.596. The molecule has 0 unspecified atom stereocenters. The number of methoxy groups -OCH3 is 1. The van der Waals surface area contributed by atoms with E-state index in [1.807, 2.05) is 0 Å². The first-order chi connectivity index (χ1) is 7.45. The zero-order chi connectivity index (χ0) is 12.3. The van der Waals surface area contributed by atoms with Crippen LogP contribution in [-0.2, 0) is 16.0 Å². The number of phenols is 1. The second-order valence-corrected chi connectivity index (χ2v) is 4.76. The summed E-state index contributed by atoms with van der Waals surface area (Å²) in [5, 5.41) is 16.9. The van der Waals surface area contributed by atoms with Crippen LogP contribution in [0.5, 0.6) is 5.75 Å². The van der Waals surface area contributed by atoms with E-state index in [-0.39, 0.29) is 17.9 Å². The van der Waals surface area contributed by atoms with Gasteiger partial charge in [-0.05, 0) is 49.6 Å². The Labute approximate surface area is 109 Å². The number of esters is 1. The third-order valence-electron chi connectivity index (χ3n) is 1.89. The van der Waals surface area contributed by atoms with Gasteiger partial charge in [-0.1, -0.05) is 0 Å². The van der Waals surface area contributed by atoms with Gasteiger partial charge in [-0.2, -0.15) is 0 Å². The van der Waals surface area contributed by atoms with E-state index in [1.54, 1.807) is 12.1 Å². The molecule has 0 saturated carbocycles. The standard InChI is InChI=1S/C10H9Br2NO3/c1-16-10(15)8(13)4-5-2-6(11)9(14)7(12)3-5/h2-3,13-14H,4H2,1H3. The second-order valence-electron chi connectivity index (χ2n) is 3.05. The van der Waals surface area contributed by atoms with E-state index in [1.165, 1.54) is 7.11 Å². The molecule has 0 aliphatic rings. The van der Waals surface area contributed by atoms with Crippen LogP contribution in [-0.4, -0.2) is 23.9 Å². The monoisotopic (exact) mass is 349 g/mol. The molecule has 0 amide bonds. The Bertz CT molecular complexity index is 423. The molecule has 0 heterocycles. The van der Waals surface area contributed by atoms with Crippen molar-refractivity contribution in [1.82, 2.24) is 0 Å². The maximum Gasteiger partial charge on any atom is 0.352 e. The molecule has 16 heavy (non-hydrogen) atoms. The van der Waals surface area contributed by atoms with Crippen molar-refractivity contribution in [2.24, 2.45) is 0 Å². The highest BCUT2D eigenvalue weighted by molar-refractivity contribution is 9.11. The second kappa shape index (κ2) is 5.45. The summed E-state index contributed by atoms with van der Waals surface area (Å²) < 4.78 is 5.45. The average Bonchev–Trinajstić information content (AvgIpc) is 2.24. The summed E-state index contributed by atoms with van der Waals surface area (Å²) in [7, 11) is 1.24. The summed E-state index contributed by atoms with van der Waals surface area (Å²) in [4.78, 5) is 11.0. The van der Waals surface area contributed by atoms with Crippen molar-refractivity contribution in [3.63, 3.8) is 0 Å². The molecule has 6 heteroatoms. The molecule has 0 aliphatic carbocycles. The minimum Gasteiger partial charge on any atom is -0.506 e. The Hall–Kier alpha value is -0.880. The van der Waals surface area contributed by atoms with E-state index in [2.05, 4.69) is 36.6 Å². The zero-order valence-corrected chi connectivity index (χ0v) is 11.6. The molecule has 0 saturated heterocycles. The van der Waals surface area contributed by atoms with E-state index in [0.717, 1.165) is 5.56 Å². The molecule has 2 N–H and O–H groups in total. The van der Waals surface area contributed by atoms with Crippen LogP contribution in [0.4, 0.5) is 0 Å². The van der Waals surface area contributed by atoms with Crippen molar-refractivity contribution in [2.75, 3.05) is 7.11 Å². The van der Waals surface area contributed by atoms with E-state index in [0.29, 0.717) is 8.95 Å². The maximum atomic E-state index is 11.0. The van der Waals surface area contributed by atoms with Crippen LogP contribution in [0.3, 0.4) is 0 Å². The molecule has 86 valence electrons. The third-order valence-corrected chi connectivity index (χ3v) is 3.10. The summed E-state index contributed by atoms with van der Waals surface area (Å²) in [6, 6.07) is 3.30. The van der Waals surface area contributed by atoms with Gasteiger partial charge in [0.25, 0.3) is 0 Å². The molecule has 0 bridgehead atoms. The third kappa shape index (κ3) is 3.05. The highest BCUT2D eigenvalue weighted by atomic mass is 79.9. The number of carbonyl (C=O) groups is 1. The number of carbonyl (C=O) groups excluding carboxylic acids is 1. The minimum atomic E-state index is -0.652. The van der Waals surface area contributed by atoms with Crippen LogP contribution in [0.2, 0.25) is 0 Å². The lowest BCUT2D eigenvalue weighted by Crippen LogP contribution is -2.16. The maximum absolute atomic E-state index is 11.0. The van der Waals surface area contributed by atoms with Crippen molar-refractivity contribution in [3.05, 3.63) is 26.6 Å². The van der Waals surface area contributed by atoms with Gasteiger partial charge in [-0.25, -0.2) is 4.79 Å². The van der Waals surface area contributed by atoms with Gasteiger partial charge < -0.3 is 9.84 Å². The largest absolute Gasteiger partial charge is 0.506 e. The number of halogens is 2. The van der Waals surface area contributed by atoms with Gasteiger partial charge in [0.1, 0.15) is 11.5 Å². The fourth-order valence-corrected chi connectivity index (χ4v) is 2.40. The van der Waals surface area contributed by atoms with Crippen LogP contribution >= 0.6 is 31.9 Å². The van der Waals surface area contributed by atoms with E-state index < -0.39 is 5.97 Å². The highest BCUT2D eigenvalue weighted by Crippen LogP contribution is 2.33. The van der Waals surface area contributed by atoms with Crippen LogP contribution in [0.15, 0.2) is 21.1 Å². The number of hydrogen-bond donors (Lipinski definition) is 2. The molecule has 1 aromatic rings. The van der Waals surface area contributed by atoms with Crippen molar-refractivity contribution >= 4 is 43.5 Å². The first-order valence-electron chi connectivity index (χ1n) is 4.28. The highest BCUT2D eigenvalue weighted by Gasteiger charge is 2.12. The Morgan fingerprint density at radius 2 is 1.94 bits per heavy atom. The number of aromatic hydroxyl groups is 1. The molecule has 0 aromatic heterocycles. The molecule has 0 spiro atoms. The molecule has 0 aliphatic heterocycles. The summed E-state index contributed by atoms with van der Waals surface area (Å²) in [6.45, 7) is 0. The molecule has 4 nitrogen and oxygen atoms in total. The molecule has 0 fully saturated rings. The lowest BCUT2D eigenvalue weighted by Gasteiger charge is -2.06. The molecular formula is C10H9Br2NO3. The van der Waals surface area contributed by atoms with Crippen LogP contribution in [0.25, 0.3) is 0 Å². The molecule has 1 aromatic carbocycles. The predicted octanol–water partition coefficient (Wildman–Crippen LogP) is 2.65.